The van der Waals surface area contributed by atoms with Crippen molar-refractivity contribution in [3.8, 4) is 0 Å². The van der Waals surface area contributed by atoms with Gasteiger partial charge in [-0.1, -0.05) is 28.1 Å². The van der Waals surface area contributed by atoms with E-state index in [1.807, 2.05) is 18.2 Å². The summed E-state index contributed by atoms with van der Waals surface area (Å²) in [5.74, 6) is 0.186. The molecule has 1 aromatic heterocycles. The molecule has 0 aliphatic heterocycles. The van der Waals surface area contributed by atoms with E-state index >= 15 is 0 Å². The van der Waals surface area contributed by atoms with E-state index in [2.05, 4.69) is 46.5 Å². The van der Waals surface area contributed by atoms with Crippen LogP contribution in [0.3, 0.4) is 0 Å². The van der Waals surface area contributed by atoms with Crippen LogP contribution in [0.1, 0.15) is 0 Å². The Hall–Kier alpha value is -1.38. The molecule has 0 saturated heterocycles. The summed E-state index contributed by atoms with van der Waals surface area (Å²) >= 11 is 6.54. The minimum atomic E-state index is -3.72. The van der Waals surface area contributed by atoms with Gasteiger partial charge in [-0.25, -0.2) is 18.1 Å². The normalized spacial score (nSPS) is 11.7. The number of aromatic nitrogens is 2. The van der Waals surface area contributed by atoms with Gasteiger partial charge in [0.05, 0.1) is 11.0 Å². The number of hydrogen-bond acceptors (Lipinski definition) is 3. The van der Waals surface area contributed by atoms with Gasteiger partial charge in [0.25, 0.3) is 10.0 Å². The molecule has 5 nitrogen and oxygen atoms in total. The first-order valence-corrected chi connectivity index (χ1v) is 8.95. The maximum Gasteiger partial charge on any atom is 0.265 e. The first kappa shape index (κ1) is 14.6. The Bertz CT molecular complexity index is 889. The number of para-hydroxylation sites is 2. The van der Waals surface area contributed by atoms with Crippen molar-refractivity contribution < 1.29 is 8.42 Å². The smallest absolute Gasteiger partial charge is 0.265 e. The monoisotopic (exact) mass is 429 g/mol. The highest BCUT2D eigenvalue weighted by Gasteiger charge is 2.19. The van der Waals surface area contributed by atoms with Gasteiger partial charge in [-0.2, -0.15) is 0 Å². The quantitative estimate of drug-likeness (QED) is 0.661. The largest absolute Gasteiger partial charge is 0.323 e. The first-order chi connectivity index (χ1) is 9.95. The summed E-state index contributed by atoms with van der Waals surface area (Å²) < 4.78 is 28.5. The van der Waals surface area contributed by atoms with Gasteiger partial charge in [-0.05, 0) is 46.3 Å². The summed E-state index contributed by atoms with van der Waals surface area (Å²) in [5.41, 5.74) is 1.47. The molecule has 0 saturated carbocycles. The van der Waals surface area contributed by atoms with Crippen molar-refractivity contribution in [3.63, 3.8) is 0 Å². The van der Waals surface area contributed by atoms with Gasteiger partial charge >= 0.3 is 0 Å². The molecule has 0 unspecified atom stereocenters. The van der Waals surface area contributed by atoms with Crippen LogP contribution in [0.2, 0.25) is 0 Å². The third kappa shape index (κ3) is 2.97. The highest BCUT2D eigenvalue weighted by molar-refractivity contribution is 9.11. The molecule has 3 rings (SSSR count). The fraction of sp³-hybridized carbons (Fsp3) is 0. The Morgan fingerprint density at radius 1 is 1.10 bits per heavy atom. The Labute approximate surface area is 138 Å². The van der Waals surface area contributed by atoms with Crippen molar-refractivity contribution in [2.75, 3.05) is 4.72 Å². The molecule has 21 heavy (non-hydrogen) atoms. The Balaban J connectivity index is 1.99. The molecule has 2 N–H and O–H groups in total. The zero-order valence-electron chi connectivity index (χ0n) is 10.5. The van der Waals surface area contributed by atoms with E-state index in [0.717, 1.165) is 9.99 Å². The van der Waals surface area contributed by atoms with Crippen molar-refractivity contribution in [1.29, 1.82) is 0 Å². The van der Waals surface area contributed by atoms with Gasteiger partial charge in [0, 0.05) is 8.95 Å². The lowest BCUT2D eigenvalue weighted by Crippen LogP contribution is -2.14. The van der Waals surface area contributed by atoms with Crippen molar-refractivity contribution in [2.45, 2.75) is 4.90 Å². The Morgan fingerprint density at radius 3 is 2.57 bits per heavy atom. The molecular formula is C13H9Br2N3O2S. The predicted molar refractivity (Wildman–Crippen MR) is 88.7 cm³/mol. The van der Waals surface area contributed by atoms with E-state index in [-0.39, 0.29) is 10.8 Å². The minimum absolute atomic E-state index is 0.145. The standard InChI is InChI=1S/C13H9Br2N3O2S/c14-8-5-6-12(9(15)7-8)21(19,20)18-13-16-10-3-1-2-4-11(10)17-13/h1-7H,(H2,16,17,18). The first-order valence-electron chi connectivity index (χ1n) is 5.88. The molecule has 0 aliphatic carbocycles. The van der Waals surface area contributed by atoms with Crippen LogP contribution in [0, 0.1) is 0 Å². The zero-order chi connectivity index (χ0) is 15.0. The second kappa shape index (κ2) is 5.43. The number of hydrogen-bond donors (Lipinski definition) is 2. The van der Waals surface area contributed by atoms with E-state index in [1.165, 1.54) is 6.07 Å². The summed E-state index contributed by atoms with van der Waals surface area (Å²) in [6, 6.07) is 12.2. The topological polar surface area (TPSA) is 74.8 Å². The highest BCUT2D eigenvalue weighted by atomic mass is 79.9. The molecular weight excluding hydrogens is 422 g/mol. The average Bonchev–Trinajstić information content (AvgIpc) is 2.79. The number of anilines is 1. The van der Waals surface area contributed by atoms with Gasteiger partial charge < -0.3 is 4.98 Å². The molecule has 8 heteroatoms. The van der Waals surface area contributed by atoms with E-state index < -0.39 is 10.0 Å². The maximum absolute atomic E-state index is 12.4. The Morgan fingerprint density at radius 2 is 1.86 bits per heavy atom. The number of fused-ring (bicyclic) bond motifs is 1. The second-order valence-corrected chi connectivity index (χ2v) is 7.70. The predicted octanol–water partition coefficient (Wildman–Crippen LogP) is 3.89. The summed E-state index contributed by atoms with van der Waals surface area (Å²) in [7, 11) is -3.72. The molecule has 0 atom stereocenters. The van der Waals surface area contributed by atoms with Crippen LogP contribution in [-0.2, 0) is 10.0 Å². The lowest BCUT2D eigenvalue weighted by Gasteiger charge is -2.07. The molecule has 108 valence electrons. The summed E-state index contributed by atoms with van der Waals surface area (Å²) in [4.78, 5) is 7.27. The fourth-order valence-electron chi connectivity index (χ4n) is 1.88. The number of rotatable bonds is 3. The number of halogens is 2. The van der Waals surface area contributed by atoms with Gasteiger partial charge in [0.15, 0.2) is 0 Å². The van der Waals surface area contributed by atoms with Crippen molar-refractivity contribution in [1.82, 2.24) is 9.97 Å². The van der Waals surface area contributed by atoms with E-state index in [1.54, 1.807) is 18.2 Å². The number of benzene rings is 2. The van der Waals surface area contributed by atoms with Crippen molar-refractivity contribution in [3.05, 3.63) is 51.4 Å². The number of nitrogens with zero attached hydrogens (tertiary/aromatic N) is 1. The summed E-state index contributed by atoms with van der Waals surface area (Å²) in [6.07, 6.45) is 0. The zero-order valence-corrected chi connectivity index (χ0v) is 14.5. The lowest BCUT2D eigenvalue weighted by atomic mass is 10.3. The van der Waals surface area contributed by atoms with Gasteiger partial charge in [-0.15, -0.1) is 0 Å². The molecule has 0 bridgehead atoms. The van der Waals surface area contributed by atoms with E-state index in [4.69, 9.17) is 0 Å². The second-order valence-electron chi connectivity index (χ2n) is 4.28. The fourth-order valence-corrected chi connectivity index (χ4v) is 4.59. The lowest BCUT2D eigenvalue weighted by molar-refractivity contribution is 0.600. The molecule has 0 radical (unpaired) electrons. The van der Waals surface area contributed by atoms with Crippen molar-refractivity contribution in [2.24, 2.45) is 0 Å². The highest BCUT2D eigenvalue weighted by Crippen LogP contribution is 2.27. The third-order valence-electron chi connectivity index (χ3n) is 2.80. The number of sulfonamides is 1. The van der Waals surface area contributed by atoms with Gasteiger partial charge in [0.1, 0.15) is 4.90 Å². The number of aromatic amines is 1. The average molecular weight is 431 g/mol. The molecule has 0 fully saturated rings. The SMILES string of the molecule is O=S(=O)(Nc1nc2ccccc2[nH]1)c1ccc(Br)cc1Br. The molecule has 0 aliphatic rings. The third-order valence-corrected chi connectivity index (χ3v) is 5.61. The molecule has 0 amide bonds. The number of H-pyrrole nitrogens is 1. The molecule has 1 heterocycles. The molecule has 3 aromatic rings. The molecule has 0 spiro atoms. The number of imidazole rings is 1. The van der Waals surface area contributed by atoms with Crippen LogP contribution in [0.4, 0.5) is 5.95 Å². The van der Waals surface area contributed by atoms with Crippen LogP contribution in [0.5, 0.6) is 0 Å². The van der Waals surface area contributed by atoms with Crippen LogP contribution in [0.15, 0.2) is 56.3 Å². The van der Waals surface area contributed by atoms with Crippen molar-refractivity contribution >= 4 is 58.9 Å². The van der Waals surface area contributed by atoms with E-state index in [9.17, 15) is 8.42 Å². The Kier molecular flexibility index (Phi) is 3.76. The van der Waals surface area contributed by atoms with E-state index in [0.29, 0.717) is 9.99 Å². The van der Waals surface area contributed by atoms with Gasteiger partial charge in [0.2, 0.25) is 5.95 Å². The maximum atomic E-state index is 12.4. The van der Waals surface area contributed by atoms with Crippen LogP contribution >= 0.6 is 31.9 Å². The molecule has 2 aromatic carbocycles. The summed E-state index contributed by atoms with van der Waals surface area (Å²) in [6.45, 7) is 0. The summed E-state index contributed by atoms with van der Waals surface area (Å²) in [5, 5.41) is 0. The van der Waals surface area contributed by atoms with Gasteiger partial charge in [-0.3, -0.25) is 0 Å². The van der Waals surface area contributed by atoms with Crippen LogP contribution in [-0.4, -0.2) is 18.4 Å². The number of nitrogens with one attached hydrogen (secondary N) is 2. The minimum Gasteiger partial charge on any atom is -0.323 e. The van der Waals surface area contributed by atoms with Crippen LogP contribution < -0.4 is 4.72 Å². The van der Waals surface area contributed by atoms with Crippen LogP contribution in [0.25, 0.3) is 11.0 Å².